The number of primary amides is 1. The molecule has 1 aliphatic rings. The van der Waals surface area contributed by atoms with E-state index in [4.69, 9.17) is 5.73 Å². The van der Waals surface area contributed by atoms with Gasteiger partial charge in [-0.25, -0.2) is 4.98 Å². The first-order valence-electron chi connectivity index (χ1n) is 7.33. The third-order valence-corrected chi connectivity index (χ3v) is 3.98. The molecule has 0 saturated heterocycles. The second-order valence-corrected chi connectivity index (χ2v) is 5.73. The van der Waals surface area contributed by atoms with E-state index in [9.17, 15) is 9.59 Å². The molecule has 0 fully saturated rings. The highest BCUT2D eigenvalue weighted by Gasteiger charge is 2.37. The number of fused-ring (bicyclic) bond motifs is 1. The van der Waals surface area contributed by atoms with Gasteiger partial charge >= 0.3 is 0 Å². The van der Waals surface area contributed by atoms with Crippen molar-refractivity contribution in [2.75, 3.05) is 23.9 Å². The minimum absolute atomic E-state index is 0.267. The molecule has 1 aliphatic heterocycles. The van der Waals surface area contributed by atoms with Gasteiger partial charge in [0, 0.05) is 32.4 Å². The van der Waals surface area contributed by atoms with E-state index < -0.39 is 11.9 Å². The Kier molecular flexibility index (Phi) is 3.73. The number of benzene rings is 1. The fraction of sp³-hybridized carbons (Fsp3) is 0.235. The van der Waals surface area contributed by atoms with Crippen molar-refractivity contribution in [3.05, 3.63) is 53.7 Å². The molecule has 23 heavy (non-hydrogen) atoms. The number of hydrogen-bond donors (Lipinski definition) is 1. The number of rotatable bonds is 3. The molecule has 0 spiro atoms. The molecule has 118 valence electrons. The summed E-state index contributed by atoms with van der Waals surface area (Å²) in [4.78, 5) is 32.2. The van der Waals surface area contributed by atoms with E-state index in [0.29, 0.717) is 12.0 Å². The maximum atomic E-state index is 12.9. The molecule has 3 rings (SSSR count). The van der Waals surface area contributed by atoms with Gasteiger partial charge in [0.15, 0.2) is 0 Å². The average molecular weight is 310 g/mol. The Morgan fingerprint density at radius 3 is 2.57 bits per heavy atom. The van der Waals surface area contributed by atoms with Gasteiger partial charge in [-0.3, -0.25) is 14.5 Å². The Morgan fingerprint density at radius 1 is 1.22 bits per heavy atom. The molecule has 1 atom stereocenters. The molecule has 0 bridgehead atoms. The Labute approximate surface area is 134 Å². The molecular weight excluding hydrogens is 292 g/mol. The van der Waals surface area contributed by atoms with Crippen LogP contribution in [0.15, 0.2) is 42.6 Å². The van der Waals surface area contributed by atoms with E-state index in [0.717, 1.165) is 17.1 Å². The van der Waals surface area contributed by atoms with Gasteiger partial charge < -0.3 is 10.6 Å². The van der Waals surface area contributed by atoms with Crippen LogP contribution in [0.5, 0.6) is 0 Å². The summed E-state index contributed by atoms with van der Waals surface area (Å²) in [7, 11) is 3.76. The summed E-state index contributed by atoms with van der Waals surface area (Å²) in [5.74, 6) is -0.0150. The van der Waals surface area contributed by atoms with Crippen molar-refractivity contribution in [2.24, 2.45) is 5.73 Å². The van der Waals surface area contributed by atoms with Crippen LogP contribution in [0.1, 0.15) is 15.9 Å². The summed E-state index contributed by atoms with van der Waals surface area (Å²) >= 11 is 0. The number of amides is 2. The first-order valence-corrected chi connectivity index (χ1v) is 7.33. The summed E-state index contributed by atoms with van der Waals surface area (Å²) in [6.45, 7) is 0. The number of nitrogens with zero attached hydrogens (tertiary/aromatic N) is 3. The van der Waals surface area contributed by atoms with Gasteiger partial charge in [0.25, 0.3) is 5.91 Å². The number of hydrogen-bond acceptors (Lipinski definition) is 4. The summed E-state index contributed by atoms with van der Waals surface area (Å²) < 4.78 is 0. The summed E-state index contributed by atoms with van der Waals surface area (Å²) in [5.41, 5.74) is 7.60. The number of para-hydroxylation sites is 1. The zero-order chi connectivity index (χ0) is 16.6. The highest BCUT2D eigenvalue weighted by Crippen LogP contribution is 2.33. The van der Waals surface area contributed by atoms with Crippen molar-refractivity contribution in [3.63, 3.8) is 0 Å². The Balaban J connectivity index is 1.97. The van der Waals surface area contributed by atoms with E-state index in [2.05, 4.69) is 4.98 Å². The standard InChI is InChI=1S/C17H18N4O2/c1-20(2)15-8-7-12(10-19-15)17(23)21-13-6-4-3-5-11(13)9-14(21)16(18)22/h3-8,10,14H,9H2,1-2H3,(H2,18,22)/t14-/m0/s1. The topological polar surface area (TPSA) is 79.5 Å². The third kappa shape index (κ3) is 2.63. The largest absolute Gasteiger partial charge is 0.368 e. The molecule has 2 aromatic rings. The van der Waals surface area contributed by atoms with E-state index >= 15 is 0 Å². The van der Waals surface area contributed by atoms with Gasteiger partial charge in [-0.05, 0) is 23.8 Å². The van der Waals surface area contributed by atoms with Crippen LogP contribution in [0.3, 0.4) is 0 Å². The molecule has 1 aromatic heterocycles. The first-order chi connectivity index (χ1) is 11.0. The van der Waals surface area contributed by atoms with E-state index in [-0.39, 0.29) is 5.91 Å². The first kappa shape index (κ1) is 15.0. The molecule has 2 N–H and O–H groups in total. The Hall–Kier alpha value is -2.89. The van der Waals surface area contributed by atoms with Crippen LogP contribution >= 0.6 is 0 Å². The van der Waals surface area contributed by atoms with Crippen molar-refractivity contribution in [3.8, 4) is 0 Å². The number of pyridine rings is 1. The number of anilines is 2. The second kappa shape index (κ2) is 5.72. The fourth-order valence-electron chi connectivity index (χ4n) is 2.78. The Morgan fingerprint density at radius 2 is 1.96 bits per heavy atom. The van der Waals surface area contributed by atoms with Crippen molar-refractivity contribution in [2.45, 2.75) is 12.5 Å². The quantitative estimate of drug-likeness (QED) is 0.924. The molecule has 6 nitrogen and oxygen atoms in total. The minimum Gasteiger partial charge on any atom is -0.368 e. The van der Waals surface area contributed by atoms with E-state index in [1.165, 1.54) is 11.1 Å². The fourth-order valence-corrected chi connectivity index (χ4v) is 2.78. The SMILES string of the molecule is CN(C)c1ccc(C(=O)N2c3ccccc3C[C@H]2C(N)=O)cn1. The lowest BCUT2D eigenvalue weighted by atomic mass is 10.1. The number of carbonyl (C=O) groups excluding carboxylic acids is 2. The zero-order valence-corrected chi connectivity index (χ0v) is 13.1. The highest BCUT2D eigenvalue weighted by molar-refractivity contribution is 6.11. The maximum Gasteiger partial charge on any atom is 0.260 e. The molecule has 1 aromatic carbocycles. The van der Waals surface area contributed by atoms with Gasteiger partial charge in [0.2, 0.25) is 5.91 Å². The van der Waals surface area contributed by atoms with Crippen LogP contribution in [0.4, 0.5) is 11.5 Å². The van der Waals surface area contributed by atoms with Crippen LogP contribution in [0.2, 0.25) is 0 Å². The van der Waals surface area contributed by atoms with Gasteiger partial charge in [0.1, 0.15) is 11.9 Å². The number of carbonyl (C=O) groups is 2. The molecule has 0 unspecified atom stereocenters. The van der Waals surface area contributed by atoms with Crippen LogP contribution in [0.25, 0.3) is 0 Å². The molecule has 0 radical (unpaired) electrons. The molecule has 6 heteroatoms. The molecule has 2 heterocycles. The van der Waals surface area contributed by atoms with Gasteiger partial charge in [-0.1, -0.05) is 18.2 Å². The zero-order valence-electron chi connectivity index (χ0n) is 13.1. The van der Waals surface area contributed by atoms with Gasteiger partial charge in [-0.15, -0.1) is 0 Å². The van der Waals surface area contributed by atoms with Crippen LogP contribution < -0.4 is 15.5 Å². The summed E-state index contributed by atoms with van der Waals surface area (Å²) in [6.07, 6.45) is 1.97. The predicted octanol–water partition coefficient (Wildman–Crippen LogP) is 1.20. The number of nitrogens with two attached hydrogens (primary N) is 1. The minimum atomic E-state index is -0.659. The Bertz CT molecular complexity index is 755. The average Bonchev–Trinajstić information content (AvgIpc) is 2.94. The van der Waals surface area contributed by atoms with Crippen molar-refractivity contribution in [1.82, 2.24) is 4.98 Å². The smallest absolute Gasteiger partial charge is 0.260 e. The molecular formula is C17H18N4O2. The summed E-state index contributed by atoms with van der Waals surface area (Å²) in [5, 5.41) is 0. The number of aromatic nitrogens is 1. The van der Waals surface area contributed by atoms with Crippen LogP contribution in [-0.2, 0) is 11.2 Å². The lowest BCUT2D eigenvalue weighted by Gasteiger charge is -2.23. The van der Waals surface area contributed by atoms with Gasteiger partial charge in [-0.2, -0.15) is 0 Å². The predicted molar refractivity (Wildman–Crippen MR) is 88.5 cm³/mol. The van der Waals surface area contributed by atoms with Crippen molar-refractivity contribution < 1.29 is 9.59 Å². The van der Waals surface area contributed by atoms with Gasteiger partial charge in [0.05, 0.1) is 5.56 Å². The molecule has 0 saturated carbocycles. The lowest BCUT2D eigenvalue weighted by molar-refractivity contribution is -0.119. The normalized spacial score (nSPS) is 16.1. The van der Waals surface area contributed by atoms with E-state index in [1.807, 2.05) is 43.3 Å². The molecule has 2 amide bonds. The van der Waals surface area contributed by atoms with Crippen LogP contribution in [-0.4, -0.2) is 36.9 Å². The van der Waals surface area contributed by atoms with Crippen molar-refractivity contribution >= 4 is 23.3 Å². The maximum absolute atomic E-state index is 12.9. The van der Waals surface area contributed by atoms with E-state index in [1.54, 1.807) is 12.1 Å². The highest BCUT2D eigenvalue weighted by atomic mass is 16.2. The summed E-state index contributed by atoms with van der Waals surface area (Å²) in [6, 6.07) is 10.3. The van der Waals surface area contributed by atoms with Crippen molar-refractivity contribution in [1.29, 1.82) is 0 Å². The lowest BCUT2D eigenvalue weighted by Crippen LogP contribution is -2.46. The molecule has 0 aliphatic carbocycles. The second-order valence-electron chi connectivity index (χ2n) is 5.73. The van der Waals surface area contributed by atoms with Crippen LogP contribution in [0, 0.1) is 0 Å². The monoisotopic (exact) mass is 310 g/mol. The third-order valence-electron chi connectivity index (χ3n) is 3.98.